The minimum atomic E-state index is -0.529. The lowest BCUT2D eigenvalue weighted by molar-refractivity contribution is -0.384. The summed E-state index contributed by atoms with van der Waals surface area (Å²) < 4.78 is 0. The number of benzene rings is 2. The molecule has 144 valence electrons. The fourth-order valence-corrected chi connectivity index (χ4v) is 3.73. The molecule has 7 nitrogen and oxygen atoms in total. The molecule has 0 saturated carbocycles. The highest BCUT2D eigenvalue weighted by Crippen LogP contribution is 2.28. The summed E-state index contributed by atoms with van der Waals surface area (Å²) in [4.78, 5) is 28.6. The smallest absolute Gasteiger partial charge is 0.270 e. The van der Waals surface area contributed by atoms with Crippen molar-refractivity contribution in [3.05, 3.63) is 73.0 Å². The zero-order valence-electron chi connectivity index (χ0n) is 15.2. The van der Waals surface area contributed by atoms with Crippen LogP contribution in [0, 0.1) is 17.0 Å². The number of amides is 1. The van der Waals surface area contributed by atoms with Gasteiger partial charge in [0.1, 0.15) is 5.01 Å². The summed E-state index contributed by atoms with van der Waals surface area (Å²) in [6.45, 7) is 2.19. The van der Waals surface area contributed by atoms with Gasteiger partial charge in [0.05, 0.1) is 22.7 Å². The van der Waals surface area contributed by atoms with Crippen LogP contribution >= 0.6 is 22.9 Å². The summed E-state index contributed by atoms with van der Waals surface area (Å²) in [5, 5.41) is 18.0. The van der Waals surface area contributed by atoms with Gasteiger partial charge in [0.2, 0.25) is 0 Å². The van der Waals surface area contributed by atoms with Gasteiger partial charge in [-0.3, -0.25) is 14.9 Å². The monoisotopic (exact) mass is 416 g/mol. The molecule has 0 spiro atoms. The molecule has 0 aliphatic heterocycles. The van der Waals surface area contributed by atoms with Gasteiger partial charge in [-0.15, -0.1) is 11.3 Å². The third kappa shape index (κ3) is 4.29. The van der Waals surface area contributed by atoms with E-state index in [2.05, 4.69) is 15.6 Å². The topological polar surface area (TPSA) is 97.2 Å². The van der Waals surface area contributed by atoms with Crippen LogP contribution in [0.25, 0.3) is 11.3 Å². The van der Waals surface area contributed by atoms with Crippen molar-refractivity contribution in [1.82, 2.24) is 10.3 Å². The van der Waals surface area contributed by atoms with Gasteiger partial charge < -0.3 is 10.6 Å². The van der Waals surface area contributed by atoms with E-state index in [-0.39, 0.29) is 17.8 Å². The first-order valence-corrected chi connectivity index (χ1v) is 9.55. The van der Waals surface area contributed by atoms with Gasteiger partial charge in [0.15, 0.2) is 0 Å². The molecule has 1 amide bonds. The second-order valence-corrected chi connectivity index (χ2v) is 7.66. The molecule has 0 saturated heterocycles. The zero-order valence-corrected chi connectivity index (χ0v) is 16.7. The molecule has 1 heterocycles. The van der Waals surface area contributed by atoms with Crippen molar-refractivity contribution in [3.8, 4) is 11.3 Å². The fraction of sp³-hybridized carbons (Fsp3) is 0.158. The van der Waals surface area contributed by atoms with Crippen LogP contribution in [0.4, 0.5) is 11.4 Å². The van der Waals surface area contributed by atoms with E-state index in [0.717, 1.165) is 21.1 Å². The molecule has 0 unspecified atom stereocenters. The van der Waals surface area contributed by atoms with Crippen LogP contribution in [0.5, 0.6) is 0 Å². The average Bonchev–Trinajstić information content (AvgIpc) is 3.06. The molecule has 0 bridgehead atoms. The van der Waals surface area contributed by atoms with Gasteiger partial charge >= 0.3 is 0 Å². The quantitative estimate of drug-likeness (QED) is 0.450. The Hall–Kier alpha value is -2.97. The number of rotatable bonds is 6. The Bertz CT molecular complexity index is 1030. The van der Waals surface area contributed by atoms with Crippen LogP contribution in [0.3, 0.4) is 0 Å². The predicted octanol–water partition coefficient (Wildman–Crippen LogP) is 4.65. The van der Waals surface area contributed by atoms with Gasteiger partial charge in [0, 0.05) is 40.3 Å². The molecule has 3 aromatic rings. The second-order valence-electron chi connectivity index (χ2n) is 5.94. The molecule has 28 heavy (non-hydrogen) atoms. The number of thiazole rings is 1. The SMILES string of the molecule is CNc1ccc([N+](=O)[O-])cc1C(=O)NCc1nc(-c2ccc(Cl)cc2)c(C)s1. The maximum atomic E-state index is 12.6. The van der Waals surface area contributed by atoms with Gasteiger partial charge in [-0.05, 0) is 25.1 Å². The summed E-state index contributed by atoms with van der Waals surface area (Å²) in [5.74, 6) is -0.408. The van der Waals surface area contributed by atoms with Crippen LogP contribution in [-0.2, 0) is 6.54 Å². The van der Waals surface area contributed by atoms with Crippen LogP contribution in [0.1, 0.15) is 20.2 Å². The molecule has 0 radical (unpaired) electrons. The first-order valence-electron chi connectivity index (χ1n) is 8.35. The number of nitro benzene ring substituents is 1. The maximum absolute atomic E-state index is 12.6. The predicted molar refractivity (Wildman–Crippen MR) is 111 cm³/mol. The standard InChI is InChI=1S/C19H17ClN4O3S/c1-11-18(12-3-5-13(20)6-4-12)23-17(28-11)10-22-19(25)15-9-14(24(26)27)7-8-16(15)21-2/h3-9,21H,10H2,1-2H3,(H,22,25). The van der Waals surface area contributed by atoms with Crippen LogP contribution in [0.2, 0.25) is 5.02 Å². The van der Waals surface area contributed by atoms with Crippen LogP contribution < -0.4 is 10.6 Å². The molecule has 0 aliphatic rings. The second kappa shape index (κ2) is 8.37. The number of carbonyl (C=O) groups excluding carboxylic acids is 1. The summed E-state index contributed by atoms with van der Waals surface area (Å²) in [7, 11) is 1.65. The summed E-state index contributed by atoms with van der Waals surface area (Å²) in [6.07, 6.45) is 0. The Balaban J connectivity index is 1.77. The van der Waals surface area contributed by atoms with E-state index >= 15 is 0 Å². The molecular formula is C19H17ClN4O3S. The Morgan fingerprint density at radius 2 is 1.96 bits per heavy atom. The van der Waals surface area contributed by atoms with E-state index in [1.54, 1.807) is 19.2 Å². The van der Waals surface area contributed by atoms with E-state index < -0.39 is 10.8 Å². The van der Waals surface area contributed by atoms with Crippen molar-refractivity contribution in [2.45, 2.75) is 13.5 Å². The minimum absolute atomic E-state index is 0.140. The number of nitrogens with one attached hydrogen (secondary N) is 2. The zero-order chi connectivity index (χ0) is 20.3. The largest absolute Gasteiger partial charge is 0.387 e. The van der Waals surface area contributed by atoms with Crippen molar-refractivity contribution in [2.24, 2.45) is 0 Å². The van der Waals surface area contributed by atoms with Crippen molar-refractivity contribution in [1.29, 1.82) is 0 Å². The third-order valence-corrected chi connectivity index (χ3v) is 5.31. The number of anilines is 1. The molecule has 0 fully saturated rings. The summed E-state index contributed by atoms with van der Waals surface area (Å²) in [6, 6.07) is 11.5. The number of aromatic nitrogens is 1. The van der Waals surface area contributed by atoms with E-state index in [1.165, 1.54) is 29.5 Å². The van der Waals surface area contributed by atoms with E-state index in [0.29, 0.717) is 10.7 Å². The van der Waals surface area contributed by atoms with Crippen LogP contribution in [-0.4, -0.2) is 22.9 Å². The fourth-order valence-electron chi connectivity index (χ4n) is 2.71. The molecule has 2 aromatic carbocycles. The normalized spacial score (nSPS) is 10.5. The molecule has 9 heteroatoms. The molecule has 1 aromatic heterocycles. The number of hydrogen-bond acceptors (Lipinski definition) is 6. The highest BCUT2D eigenvalue weighted by atomic mass is 35.5. The van der Waals surface area contributed by atoms with Gasteiger partial charge in [-0.25, -0.2) is 4.98 Å². The highest BCUT2D eigenvalue weighted by Gasteiger charge is 2.17. The lowest BCUT2D eigenvalue weighted by Crippen LogP contribution is -2.23. The number of non-ortho nitro benzene ring substituents is 1. The number of aryl methyl sites for hydroxylation is 1. The number of halogens is 1. The number of nitrogens with zero attached hydrogens (tertiary/aromatic N) is 2. The average molecular weight is 417 g/mol. The van der Waals surface area contributed by atoms with Crippen molar-refractivity contribution < 1.29 is 9.72 Å². The van der Waals surface area contributed by atoms with Gasteiger partial charge in [-0.2, -0.15) is 0 Å². The lowest BCUT2D eigenvalue weighted by Gasteiger charge is -2.09. The van der Waals surface area contributed by atoms with Gasteiger partial charge in [-0.1, -0.05) is 23.7 Å². The third-order valence-electron chi connectivity index (χ3n) is 4.09. The minimum Gasteiger partial charge on any atom is -0.387 e. The van der Waals surface area contributed by atoms with E-state index in [4.69, 9.17) is 11.6 Å². The first kappa shape index (κ1) is 19.8. The molecule has 0 atom stereocenters. The van der Waals surface area contributed by atoms with Crippen molar-refractivity contribution in [2.75, 3.05) is 12.4 Å². The molecular weight excluding hydrogens is 400 g/mol. The Morgan fingerprint density at radius 1 is 1.25 bits per heavy atom. The molecule has 2 N–H and O–H groups in total. The summed E-state index contributed by atoms with van der Waals surface area (Å²) in [5.41, 5.74) is 2.38. The maximum Gasteiger partial charge on any atom is 0.270 e. The first-order chi connectivity index (χ1) is 13.4. The van der Waals surface area contributed by atoms with Crippen molar-refractivity contribution >= 4 is 40.2 Å². The van der Waals surface area contributed by atoms with Crippen molar-refractivity contribution in [3.63, 3.8) is 0 Å². The number of carbonyl (C=O) groups is 1. The van der Waals surface area contributed by atoms with E-state index in [1.807, 2.05) is 19.1 Å². The lowest BCUT2D eigenvalue weighted by atomic mass is 10.1. The molecule has 3 rings (SSSR count). The molecule has 0 aliphatic carbocycles. The number of hydrogen-bond donors (Lipinski definition) is 2. The van der Waals surface area contributed by atoms with Crippen LogP contribution in [0.15, 0.2) is 42.5 Å². The number of nitro groups is 1. The summed E-state index contributed by atoms with van der Waals surface area (Å²) >= 11 is 7.42. The Kier molecular flexibility index (Phi) is 5.91. The Labute approximate surface area is 170 Å². The highest BCUT2D eigenvalue weighted by molar-refractivity contribution is 7.12. The van der Waals surface area contributed by atoms with Gasteiger partial charge in [0.25, 0.3) is 11.6 Å². The Morgan fingerprint density at radius 3 is 2.61 bits per heavy atom. The van der Waals surface area contributed by atoms with E-state index in [9.17, 15) is 14.9 Å².